The lowest BCUT2D eigenvalue weighted by molar-refractivity contribution is 0.122. The van der Waals surface area contributed by atoms with E-state index in [1.165, 1.54) is 11.3 Å². The molecule has 19 heavy (non-hydrogen) atoms. The quantitative estimate of drug-likeness (QED) is 0.832. The predicted molar refractivity (Wildman–Crippen MR) is 81.5 cm³/mol. The normalized spacial score (nSPS) is 14.9. The zero-order valence-electron chi connectivity index (χ0n) is 12.9. The Morgan fingerprint density at radius 1 is 1.16 bits per heavy atom. The number of benzene rings is 1. The minimum Gasteiger partial charge on any atom is -0.496 e. The maximum absolute atomic E-state index is 5.48. The zero-order valence-corrected chi connectivity index (χ0v) is 12.9. The second kappa shape index (κ2) is 8.05. The van der Waals surface area contributed by atoms with E-state index in [-0.39, 0.29) is 0 Å². The first-order chi connectivity index (χ1) is 9.22. The average molecular weight is 265 g/mol. The maximum atomic E-state index is 5.48. The van der Waals surface area contributed by atoms with Gasteiger partial charge in [0.05, 0.1) is 20.3 Å². The second-order valence-electron chi connectivity index (χ2n) is 4.68. The van der Waals surface area contributed by atoms with Crippen LogP contribution in [0.25, 0.3) is 0 Å². The van der Waals surface area contributed by atoms with Gasteiger partial charge in [0, 0.05) is 24.8 Å². The van der Waals surface area contributed by atoms with Gasteiger partial charge < -0.3 is 14.4 Å². The first-order valence-electron chi connectivity index (χ1n) is 7.23. The lowest BCUT2D eigenvalue weighted by Crippen LogP contribution is -2.36. The van der Waals surface area contributed by atoms with Crippen molar-refractivity contribution in [1.29, 1.82) is 0 Å². The molecule has 1 heterocycles. The van der Waals surface area contributed by atoms with E-state index in [4.69, 9.17) is 9.47 Å². The minimum absolute atomic E-state index is 0.490. The van der Waals surface area contributed by atoms with Gasteiger partial charge in [-0.25, -0.2) is 0 Å². The highest BCUT2D eigenvalue weighted by molar-refractivity contribution is 5.54. The van der Waals surface area contributed by atoms with E-state index < -0.39 is 0 Å². The van der Waals surface area contributed by atoms with Crippen molar-refractivity contribution in [3.63, 3.8) is 0 Å². The van der Waals surface area contributed by atoms with Crippen LogP contribution in [-0.4, -0.2) is 33.4 Å². The van der Waals surface area contributed by atoms with Gasteiger partial charge in [0.15, 0.2) is 0 Å². The summed E-state index contributed by atoms with van der Waals surface area (Å²) in [5.74, 6) is 1.48. The molecule has 0 aliphatic carbocycles. The number of methoxy groups -OCH3 is 1. The van der Waals surface area contributed by atoms with Gasteiger partial charge in [-0.15, -0.1) is 0 Å². The van der Waals surface area contributed by atoms with Gasteiger partial charge in [-0.2, -0.15) is 0 Å². The number of nitrogens with zero attached hydrogens (tertiary/aromatic N) is 1. The molecule has 0 N–H and O–H groups in total. The second-order valence-corrected chi connectivity index (χ2v) is 4.68. The van der Waals surface area contributed by atoms with E-state index in [1.807, 2.05) is 13.8 Å². The van der Waals surface area contributed by atoms with Crippen molar-refractivity contribution in [2.75, 3.05) is 38.3 Å². The van der Waals surface area contributed by atoms with E-state index in [9.17, 15) is 0 Å². The third-order valence-corrected chi connectivity index (χ3v) is 3.22. The molecule has 0 radical (unpaired) electrons. The molecule has 0 bridgehead atoms. The van der Waals surface area contributed by atoms with Gasteiger partial charge in [0.1, 0.15) is 5.75 Å². The molecular formula is C16H27NO2. The Morgan fingerprint density at radius 3 is 2.32 bits per heavy atom. The van der Waals surface area contributed by atoms with Crippen molar-refractivity contribution in [3.8, 4) is 5.75 Å². The lowest BCUT2D eigenvalue weighted by Gasteiger charge is -2.29. The van der Waals surface area contributed by atoms with Crippen molar-refractivity contribution >= 4 is 5.69 Å². The van der Waals surface area contributed by atoms with Crippen LogP contribution in [0, 0.1) is 0 Å². The van der Waals surface area contributed by atoms with Crippen LogP contribution in [0.1, 0.15) is 39.2 Å². The van der Waals surface area contributed by atoms with Gasteiger partial charge in [-0.3, -0.25) is 0 Å². The number of morpholine rings is 1. The fourth-order valence-corrected chi connectivity index (χ4v) is 2.20. The van der Waals surface area contributed by atoms with Crippen LogP contribution < -0.4 is 9.64 Å². The lowest BCUT2D eigenvalue weighted by atomic mass is 10.0. The van der Waals surface area contributed by atoms with Crippen LogP contribution in [0.4, 0.5) is 5.69 Å². The van der Waals surface area contributed by atoms with Gasteiger partial charge in [0.25, 0.3) is 0 Å². The highest BCUT2D eigenvalue weighted by Gasteiger charge is 2.14. The van der Waals surface area contributed by atoms with E-state index in [1.54, 1.807) is 7.11 Å². The summed E-state index contributed by atoms with van der Waals surface area (Å²) in [4.78, 5) is 2.34. The first kappa shape index (κ1) is 15.8. The van der Waals surface area contributed by atoms with E-state index in [2.05, 4.69) is 36.9 Å². The summed E-state index contributed by atoms with van der Waals surface area (Å²) in [6, 6.07) is 6.50. The standard InChI is InChI=1S/C14H21NO2.C2H6/c1-11(2)13-5-4-12(10-14(13)16-3)15-6-8-17-9-7-15;1-2/h4-5,10-11H,6-9H2,1-3H3;1-2H3. The number of rotatable bonds is 3. The topological polar surface area (TPSA) is 21.7 Å². The van der Waals surface area contributed by atoms with Crippen molar-refractivity contribution in [1.82, 2.24) is 0 Å². The number of hydrogen-bond acceptors (Lipinski definition) is 3. The molecule has 0 amide bonds. The van der Waals surface area contributed by atoms with Crippen LogP contribution in [0.15, 0.2) is 18.2 Å². The highest BCUT2D eigenvalue weighted by atomic mass is 16.5. The molecule has 1 fully saturated rings. The van der Waals surface area contributed by atoms with E-state index in [0.717, 1.165) is 32.1 Å². The fraction of sp³-hybridized carbons (Fsp3) is 0.625. The van der Waals surface area contributed by atoms with Crippen LogP contribution in [0.3, 0.4) is 0 Å². The van der Waals surface area contributed by atoms with Crippen LogP contribution in [-0.2, 0) is 4.74 Å². The Bertz CT molecular complexity index is 371. The van der Waals surface area contributed by atoms with Gasteiger partial charge in [0.2, 0.25) is 0 Å². The molecule has 0 atom stereocenters. The monoisotopic (exact) mass is 265 g/mol. The molecule has 1 aliphatic rings. The summed E-state index contributed by atoms with van der Waals surface area (Å²) in [6.45, 7) is 11.9. The number of ether oxygens (including phenoxy) is 2. The van der Waals surface area contributed by atoms with E-state index in [0.29, 0.717) is 5.92 Å². The molecule has 0 saturated carbocycles. The summed E-state index contributed by atoms with van der Waals surface area (Å²) >= 11 is 0. The molecule has 2 rings (SSSR count). The summed E-state index contributed by atoms with van der Waals surface area (Å²) in [5.41, 5.74) is 2.50. The number of hydrogen-bond donors (Lipinski definition) is 0. The molecule has 0 spiro atoms. The van der Waals surface area contributed by atoms with Crippen LogP contribution in [0.2, 0.25) is 0 Å². The van der Waals surface area contributed by atoms with Gasteiger partial charge in [-0.1, -0.05) is 33.8 Å². The summed E-state index contributed by atoms with van der Waals surface area (Å²) < 4.78 is 10.8. The molecule has 0 unspecified atom stereocenters. The predicted octanol–water partition coefficient (Wildman–Crippen LogP) is 3.68. The van der Waals surface area contributed by atoms with Crippen LogP contribution >= 0.6 is 0 Å². The van der Waals surface area contributed by atoms with Crippen molar-refractivity contribution in [2.24, 2.45) is 0 Å². The molecule has 1 aromatic carbocycles. The smallest absolute Gasteiger partial charge is 0.124 e. The first-order valence-corrected chi connectivity index (χ1v) is 7.23. The van der Waals surface area contributed by atoms with E-state index >= 15 is 0 Å². The molecule has 1 aromatic rings. The van der Waals surface area contributed by atoms with Crippen molar-refractivity contribution in [2.45, 2.75) is 33.6 Å². The summed E-state index contributed by atoms with van der Waals surface area (Å²) in [6.07, 6.45) is 0. The Kier molecular flexibility index (Phi) is 6.71. The SMILES string of the molecule is CC.COc1cc(N2CCOCC2)ccc1C(C)C. The molecule has 3 heteroatoms. The largest absolute Gasteiger partial charge is 0.496 e. The zero-order chi connectivity index (χ0) is 14.3. The maximum Gasteiger partial charge on any atom is 0.124 e. The van der Waals surface area contributed by atoms with Gasteiger partial charge >= 0.3 is 0 Å². The molecule has 0 aromatic heterocycles. The average Bonchev–Trinajstić information content (AvgIpc) is 2.49. The summed E-state index contributed by atoms with van der Waals surface area (Å²) in [7, 11) is 1.74. The molecule has 1 aliphatic heterocycles. The Balaban J connectivity index is 0.000000861. The van der Waals surface area contributed by atoms with Crippen molar-refractivity contribution in [3.05, 3.63) is 23.8 Å². The summed E-state index contributed by atoms with van der Waals surface area (Å²) in [5, 5.41) is 0. The Morgan fingerprint density at radius 2 is 1.79 bits per heavy atom. The third kappa shape index (κ3) is 4.13. The molecule has 1 saturated heterocycles. The molecule has 108 valence electrons. The fourth-order valence-electron chi connectivity index (χ4n) is 2.20. The Labute approximate surface area is 117 Å². The van der Waals surface area contributed by atoms with Crippen LogP contribution in [0.5, 0.6) is 5.75 Å². The molecular weight excluding hydrogens is 238 g/mol. The molecule has 3 nitrogen and oxygen atoms in total. The van der Waals surface area contributed by atoms with Crippen molar-refractivity contribution < 1.29 is 9.47 Å². The third-order valence-electron chi connectivity index (χ3n) is 3.22. The Hall–Kier alpha value is -1.22. The van der Waals surface area contributed by atoms with Gasteiger partial charge in [-0.05, 0) is 17.5 Å². The highest BCUT2D eigenvalue weighted by Crippen LogP contribution is 2.30. The minimum atomic E-state index is 0.490. The number of anilines is 1.